The van der Waals surface area contributed by atoms with Gasteiger partial charge in [-0.3, -0.25) is 9.69 Å². The van der Waals surface area contributed by atoms with Gasteiger partial charge in [-0.1, -0.05) is 17.7 Å². The van der Waals surface area contributed by atoms with Crippen LogP contribution in [-0.4, -0.2) is 35.7 Å². The van der Waals surface area contributed by atoms with Gasteiger partial charge in [0.15, 0.2) is 0 Å². The molecule has 0 amide bonds. The molecule has 1 N–H and O–H groups in total. The average molecular weight is 256 g/mol. The first kappa shape index (κ1) is 12.2. The van der Waals surface area contributed by atoms with E-state index in [1.54, 1.807) is 6.07 Å². The van der Waals surface area contributed by atoms with Crippen LogP contribution in [0.25, 0.3) is 0 Å². The van der Waals surface area contributed by atoms with Gasteiger partial charge < -0.3 is 9.84 Å². The molecule has 0 atom stereocenters. The van der Waals surface area contributed by atoms with Crippen molar-refractivity contribution in [1.29, 1.82) is 0 Å². The van der Waals surface area contributed by atoms with E-state index < -0.39 is 5.97 Å². The summed E-state index contributed by atoms with van der Waals surface area (Å²) in [5, 5.41) is 9.33. The molecule has 1 aliphatic heterocycles. The lowest BCUT2D eigenvalue weighted by molar-refractivity contribution is -0.137. The third kappa shape index (κ3) is 3.35. The third-order valence-electron chi connectivity index (χ3n) is 2.73. The van der Waals surface area contributed by atoms with Crippen LogP contribution in [0.5, 0.6) is 5.75 Å². The molecule has 4 nitrogen and oxygen atoms in total. The SMILES string of the molecule is O=C(O)CCN1CCOc2cc(Cl)ccc2C1. The lowest BCUT2D eigenvalue weighted by atomic mass is 10.2. The molecule has 1 aliphatic rings. The number of carboxylic acid groups (broad SMARTS) is 1. The van der Waals surface area contributed by atoms with Gasteiger partial charge in [-0.25, -0.2) is 0 Å². The lowest BCUT2D eigenvalue weighted by Crippen LogP contribution is -2.28. The van der Waals surface area contributed by atoms with Gasteiger partial charge in [0.1, 0.15) is 12.4 Å². The first-order valence-electron chi connectivity index (χ1n) is 5.50. The summed E-state index contributed by atoms with van der Waals surface area (Å²) in [5.41, 5.74) is 1.05. The number of hydrogen-bond acceptors (Lipinski definition) is 3. The van der Waals surface area contributed by atoms with Crippen molar-refractivity contribution in [3.8, 4) is 5.75 Å². The third-order valence-corrected chi connectivity index (χ3v) is 2.97. The van der Waals surface area contributed by atoms with Gasteiger partial charge in [0.25, 0.3) is 0 Å². The molecule has 1 aromatic rings. The lowest BCUT2D eigenvalue weighted by Gasteiger charge is -2.17. The fourth-order valence-electron chi connectivity index (χ4n) is 1.84. The van der Waals surface area contributed by atoms with Crippen LogP contribution >= 0.6 is 11.6 Å². The molecule has 0 aromatic heterocycles. The van der Waals surface area contributed by atoms with Gasteiger partial charge in [0, 0.05) is 30.2 Å². The quantitative estimate of drug-likeness (QED) is 0.898. The summed E-state index contributed by atoms with van der Waals surface area (Å²) in [7, 11) is 0. The van der Waals surface area contributed by atoms with Crippen molar-refractivity contribution < 1.29 is 14.6 Å². The normalized spacial score (nSPS) is 15.8. The molecule has 92 valence electrons. The Bertz CT molecular complexity index is 422. The second-order valence-electron chi connectivity index (χ2n) is 4.02. The standard InChI is InChI=1S/C12H14ClNO3/c13-10-2-1-9-8-14(4-3-12(15)16)5-6-17-11(9)7-10/h1-2,7H,3-6,8H2,(H,15,16). The van der Waals surface area contributed by atoms with E-state index in [4.69, 9.17) is 21.4 Å². The van der Waals surface area contributed by atoms with E-state index in [-0.39, 0.29) is 6.42 Å². The number of benzene rings is 1. The monoisotopic (exact) mass is 255 g/mol. The number of ether oxygens (including phenoxy) is 1. The summed E-state index contributed by atoms with van der Waals surface area (Å²) in [6.07, 6.45) is 0.156. The molecule has 2 rings (SSSR count). The van der Waals surface area contributed by atoms with Crippen LogP contribution in [0.2, 0.25) is 5.02 Å². The molecule has 0 fully saturated rings. The highest BCUT2D eigenvalue weighted by molar-refractivity contribution is 6.30. The molecule has 0 unspecified atom stereocenters. The van der Waals surface area contributed by atoms with Crippen LogP contribution < -0.4 is 4.74 Å². The number of aliphatic carboxylic acids is 1. The van der Waals surface area contributed by atoms with Gasteiger partial charge in [-0.15, -0.1) is 0 Å². The predicted octanol–water partition coefficient (Wildman–Crippen LogP) is 2.01. The van der Waals surface area contributed by atoms with Crippen molar-refractivity contribution in [2.75, 3.05) is 19.7 Å². The summed E-state index contributed by atoms with van der Waals surface area (Å²) in [5.74, 6) is 0.0295. The summed E-state index contributed by atoms with van der Waals surface area (Å²) in [6.45, 7) is 2.55. The highest BCUT2D eigenvalue weighted by Crippen LogP contribution is 2.26. The van der Waals surface area contributed by atoms with E-state index in [0.717, 1.165) is 17.9 Å². The molecule has 1 aromatic carbocycles. The zero-order valence-electron chi connectivity index (χ0n) is 9.36. The minimum Gasteiger partial charge on any atom is -0.492 e. The van der Waals surface area contributed by atoms with Gasteiger partial charge in [0.2, 0.25) is 0 Å². The topological polar surface area (TPSA) is 49.8 Å². The van der Waals surface area contributed by atoms with Gasteiger partial charge in [0.05, 0.1) is 6.42 Å². The Morgan fingerprint density at radius 2 is 2.35 bits per heavy atom. The molecular weight excluding hydrogens is 242 g/mol. The Hall–Kier alpha value is -1.26. The summed E-state index contributed by atoms with van der Waals surface area (Å²) in [4.78, 5) is 12.6. The summed E-state index contributed by atoms with van der Waals surface area (Å²) < 4.78 is 5.59. The Morgan fingerprint density at radius 1 is 1.53 bits per heavy atom. The molecule has 0 radical (unpaired) electrons. The van der Waals surface area contributed by atoms with E-state index in [1.807, 2.05) is 12.1 Å². The number of carboxylic acids is 1. The van der Waals surface area contributed by atoms with Crippen LogP contribution in [-0.2, 0) is 11.3 Å². The van der Waals surface area contributed by atoms with Gasteiger partial charge in [-0.2, -0.15) is 0 Å². The van der Waals surface area contributed by atoms with Gasteiger partial charge >= 0.3 is 5.97 Å². The minimum atomic E-state index is -0.772. The van der Waals surface area contributed by atoms with E-state index in [1.165, 1.54) is 0 Å². The number of halogens is 1. The van der Waals surface area contributed by atoms with E-state index in [0.29, 0.717) is 24.7 Å². The number of hydrogen-bond donors (Lipinski definition) is 1. The maximum absolute atomic E-state index is 10.5. The Kier molecular flexibility index (Phi) is 3.86. The molecule has 17 heavy (non-hydrogen) atoms. The molecule has 0 saturated carbocycles. The second kappa shape index (κ2) is 5.38. The maximum atomic E-state index is 10.5. The molecule has 0 spiro atoms. The zero-order valence-corrected chi connectivity index (χ0v) is 10.1. The van der Waals surface area contributed by atoms with Crippen molar-refractivity contribution in [2.24, 2.45) is 0 Å². The Labute approximate surface area is 105 Å². The summed E-state index contributed by atoms with van der Waals surface area (Å²) in [6, 6.07) is 5.55. The second-order valence-corrected chi connectivity index (χ2v) is 4.46. The highest BCUT2D eigenvalue weighted by atomic mass is 35.5. The number of nitrogens with zero attached hydrogens (tertiary/aromatic N) is 1. The highest BCUT2D eigenvalue weighted by Gasteiger charge is 2.16. The van der Waals surface area contributed by atoms with E-state index in [2.05, 4.69) is 4.90 Å². The smallest absolute Gasteiger partial charge is 0.304 e. The number of fused-ring (bicyclic) bond motifs is 1. The number of rotatable bonds is 3. The van der Waals surface area contributed by atoms with Crippen LogP contribution in [0.15, 0.2) is 18.2 Å². The van der Waals surface area contributed by atoms with E-state index in [9.17, 15) is 4.79 Å². The van der Waals surface area contributed by atoms with Gasteiger partial charge in [-0.05, 0) is 12.1 Å². The molecule has 0 aliphatic carbocycles. The molecule has 0 bridgehead atoms. The van der Waals surface area contributed by atoms with Crippen molar-refractivity contribution >= 4 is 17.6 Å². The first-order valence-corrected chi connectivity index (χ1v) is 5.88. The summed E-state index contributed by atoms with van der Waals surface area (Å²) >= 11 is 5.90. The molecular formula is C12H14ClNO3. The molecule has 0 saturated heterocycles. The van der Waals surface area contributed by atoms with E-state index >= 15 is 0 Å². The predicted molar refractivity (Wildman–Crippen MR) is 64.5 cm³/mol. The van der Waals surface area contributed by atoms with Crippen LogP contribution in [0.4, 0.5) is 0 Å². The van der Waals surface area contributed by atoms with Crippen molar-refractivity contribution in [3.05, 3.63) is 28.8 Å². The minimum absolute atomic E-state index is 0.156. The zero-order chi connectivity index (χ0) is 12.3. The fraction of sp³-hybridized carbons (Fsp3) is 0.417. The Morgan fingerprint density at radius 3 is 3.12 bits per heavy atom. The van der Waals surface area contributed by atoms with Crippen LogP contribution in [0.3, 0.4) is 0 Å². The first-order chi connectivity index (χ1) is 8.15. The molecule has 1 heterocycles. The molecule has 5 heteroatoms. The Balaban J connectivity index is 2.06. The van der Waals surface area contributed by atoms with Crippen molar-refractivity contribution in [1.82, 2.24) is 4.90 Å². The van der Waals surface area contributed by atoms with Crippen LogP contribution in [0, 0.1) is 0 Å². The number of carbonyl (C=O) groups is 1. The largest absolute Gasteiger partial charge is 0.492 e. The van der Waals surface area contributed by atoms with Crippen LogP contribution in [0.1, 0.15) is 12.0 Å². The average Bonchev–Trinajstić information content (AvgIpc) is 2.47. The van der Waals surface area contributed by atoms with Crippen molar-refractivity contribution in [3.63, 3.8) is 0 Å². The maximum Gasteiger partial charge on any atom is 0.304 e. The van der Waals surface area contributed by atoms with Crippen molar-refractivity contribution in [2.45, 2.75) is 13.0 Å². The fourth-order valence-corrected chi connectivity index (χ4v) is 2.00.